The van der Waals surface area contributed by atoms with E-state index in [1.165, 1.54) is 19.3 Å². The van der Waals surface area contributed by atoms with E-state index in [1.54, 1.807) is 0 Å². The molecule has 0 aromatic carbocycles. The average molecular weight is 405 g/mol. The summed E-state index contributed by atoms with van der Waals surface area (Å²) in [6, 6.07) is 4.85. The normalized spacial score (nSPS) is 23.8. The van der Waals surface area contributed by atoms with Crippen LogP contribution in [-0.4, -0.2) is 72.7 Å². The number of rotatable bonds is 7. The van der Waals surface area contributed by atoms with Gasteiger partial charge in [-0.05, 0) is 50.6 Å². The van der Waals surface area contributed by atoms with Gasteiger partial charge < -0.3 is 20.4 Å². The molecule has 0 spiro atoms. The standard InChI is InChI=1S/C21H36N6S/c1-4-22-21(25-18-7-8-19(14-18)28-3)24-16-17-6-9-20(23-15-17)27-12-10-26(5-2)11-13-27/h6,9,15,18-19H,4-5,7-8,10-14,16H2,1-3H3,(H2,22,24,25). The maximum Gasteiger partial charge on any atom is 0.191 e. The van der Waals surface area contributed by atoms with Crippen LogP contribution in [0.15, 0.2) is 23.3 Å². The lowest BCUT2D eigenvalue weighted by atomic mass is 10.2. The zero-order chi connectivity index (χ0) is 19.8. The molecular weight excluding hydrogens is 368 g/mol. The molecule has 1 aromatic rings. The highest BCUT2D eigenvalue weighted by atomic mass is 32.2. The second-order valence-corrected chi connectivity index (χ2v) is 8.79. The van der Waals surface area contributed by atoms with Crippen LogP contribution in [0.5, 0.6) is 0 Å². The molecule has 1 saturated heterocycles. The summed E-state index contributed by atoms with van der Waals surface area (Å²) in [5.74, 6) is 2.01. The third-order valence-electron chi connectivity index (χ3n) is 5.78. The number of pyridine rings is 1. The Hall–Kier alpha value is -1.47. The Kier molecular flexibility index (Phi) is 8.27. The number of aliphatic imine (C=N–C) groups is 1. The van der Waals surface area contributed by atoms with E-state index >= 15 is 0 Å². The van der Waals surface area contributed by atoms with Gasteiger partial charge in [0.05, 0.1) is 6.54 Å². The Morgan fingerprint density at radius 1 is 1.21 bits per heavy atom. The Morgan fingerprint density at radius 3 is 2.64 bits per heavy atom. The zero-order valence-corrected chi connectivity index (χ0v) is 18.5. The second-order valence-electron chi connectivity index (χ2n) is 7.65. The molecule has 2 atom stereocenters. The molecule has 2 fully saturated rings. The van der Waals surface area contributed by atoms with Crippen LogP contribution < -0.4 is 15.5 Å². The number of likely N-dealkylation sites (N-methyl/N-ethyl adjacent to an activating group) is 1. The summed E-state index contributed by atoms with van der Waals surface area (Å²) in [5.41, 5.74) is 1.15. The van der Waals surface area contributed by atoms with Crippen molar-refractivity contribution < 1.29 is 0 Å². The molecule has 1 saturated carbocycles. The number of guanidine groups is 1. The minimum atomic E-state index is 0.539. The smallest absolute Gasteiger partial charge is 0.191 e. The van der Waals surface area contributed by atoms with Crippen molar-refractivity contribution in [2.45, 2.75) is 50.9 Å². The van der Waals surface area contributed by atoms with Gasteiger partial charge in [0.2, 0.25) is 0 Å². The summed E-state index contributed by atoms with van der Waals surface area (Å²) in [4.78, 5) is 14.4. The van der Waals surface area contributed by atoms with Crippen molar-refractivity contribution in [2.75, 3.05) is 50.4 Å². The van der Waals surface area contributed by atoms with E-state index in [0.717, 1.165) is 61.9 Å². The van der Waals surface area contributed by atoms with Gasteiger partial charge in [-0.25, -0.2) is 9.98 Å². The first-order valence-electron chi connectivity index (χ1n) is 10.7. The molecule has 1 aliphatic heterocycles. The predicted octanol–water partition coefficient (Wildman–Crippen LogP) is 2.56. The minimum Gasteiger partial charge on any atom is -0.357 e. The molecule has 2 aliphatic rings. The van der Waals surface area contributed by atoms with E-state index in [2.05, 4.69) is 52.7 Å². The number of nitrogens with zero attached hydrogens (tertiary/aromatic N) is 4. The average Bonchev–Trinajstić information content (AvgIpc) is 3.20. The largest absolute Gasteiger partial charge is 0.357 e. The molecule has 2 unspecified atom stereocenters. The predicted molar refractivity (Wildman–Crippen MR) is 121 cm³/mol. The number of hydrogen-bond donors (Lipinski definition) is 2. The maximum absolute atomic E-state index is 4.79. The van der Waals surface area contributed by atoms with Gasteiger partial charge in [-0.1, -0.05) is 13.0 Å². The topological polar surface area (TPSA) is 55.8 Å². The van der Waals surface area contributed by atoms with Gasteiger partial charge in [-0.3, -0.25) is 0 Å². The highest BCUT2D eigenvalue weighted by molar-refractivity contribution is 7.99. The lowest BCUT2D eigenvalue weighted by Crippen LogP contribution is -2.46. The Balaban J connectivity index is 1.53. The Bertz CT molecular complexity index is 612. The third-order valence-corrected chi connectivity index (χ3v) is 6.87. The zero-order valence-electron chi connectivity index (χ0n) is 17.7. The molecule has 0 radical (unpaired) electrons. The summed E-state index contributed by atoms with van der Waals surface area (Å²) in [6.07, 6.45) is 7.96. The third kappa shape index (κ3) is 6.01. The minimum absolute atomic E-state index is 0.539. The number of thioether (sulfide) groups is 1. The number of nitrogens with one attached hydrogen (secondary N) is 2. The molecular formula is C21H36N6S. The van der Waals surface area contributed by atoms with E-state index in [4.69, 9.17) is 9.98 Å². The van der Waals surface area contributed by atoms with Gasteiger partial charge in [0, 0.05) is 50.2 Å². The highest BCUT2D eigenvalue weighted by Crippen LogP contribution is 2.28. The molecule has 0 amide bonds. The summed E-state index contributed by atoms with van der Waals surface area (Å²) >= 11 is 1.99. The van der Waals surface area contributed by atoms with Crippen LogP contribution in [0.25, 0.3) is 0 Å². The number of piperazine rings is 1. The quantitative estimate of drug-likeness (QED) is 0.538. The van der Waals surface area contributed by atoms with Crippen LogP contribution in [0, 0.1) is 0 Å². The van der Waals surface area contributed by atoms with Gasteiger partial charge in [-0.2, -0.15) is 11.8 Å². The van der Waals surface area contributed by atoms with E-state index in [1.807, 2.05) is 18.0 Å². The summed E-state index contributed by atoms with van der Waals surface area (Å²) < 4.78 is 0. The van der Waals surface area contributed by atoms with Crippen LogP contribution in [0.2, 0.25) is 0 Å². The van der Waals surface area contributed by atoms with E-state index in [-0.39, 0.29) is 0 Å². The molecule has 0 bridgehead atoms. The maximum atomic E-state index is 4.79. The van der Waals surface area contributed by atoms with Crippen LogP contribution in [0.1, 0.15) is 38.7 Å². The van der Waals surface area contributed by atoms with Crippen molar-refractivity contribution in [3.8, 4) is 0 Å². The number of aromatic nitrogens is 1. The summed E-state index contributed by atoms with van der Waals surface area (Å²) in [7, 11) is 0. The fourth-order valence-corrected chi connectivity index (χ4v) is 4.76. The SMILES string of the molecule is CCNC(=NCc1ccc(N2CCN(CC)CC2)nc1)NC1CCC(SC)C1. The van der Waals surface area contributed by atoms with Gasteiger partial charge >= 0.3 is 0 Å². The van der Waals surface area contributed by atoms with Crippen molar-refractivity contribution >= 4 is 23.5 Å². The number of hydrogen-bond acceptors (Lipinski definition) is 5. The van der Waals surface area contributed by atoms with Crippen molar-refractivity contribution in [2.24, 2.45) is 4.99 Å². The first kappa shape index (κ1) is 21.2. The molecule has 2 N–H and O–H groups in total. The first-order valence-corrected chi connectivity index (χ1v) is 12.0. The van der Waals surface area contributed by atoms with Gasteiger partial charge in [0.25, 0.3) is 0 Å². The lowest BCUT2D eigenvalue weighted by molar-refractivity contribution is 0.270. The molecule has 2 heterocycles. The van der Waals surface area contributed by atoms with Crippen molar-refractivity contribution in [1.29, 1.82) is 0 Å². The molecule has 3 rings (SSSR count). The Morgan fingerprint density at radius 2 is 2.04 bits per heavy atom. The van der Waals surface area contributed by atoms with Crippen LogP contribution >= 0.6 is 11.8 Å². The van der Waals surface area contributed by atoms with Crippen LogP contribution in [-0.2, 0) is 6.54 Å². The van der Waals surface area contributed by atoms with Crippen molar-refractivity contribution in [3.63, 3.8) is 0 Å². The lowest BCUT2D eigenvalue weighted by Gasteiger charge is -2.34. The van der Waals surface area contributed by atoms with E-state index in [9.17, 15) is 0 Å². The molecule has 28 heavy (non-hydrogen) atoms. The summed E-state index contributed by atoms with van der Waals surface area (Å²) in [5, 5.41) is 7.79. The first-order chi connectivity index (χ1) is 13.7. The highest BCUT2D eigenvalue weighted by Gasteiger charge is 2.24. The molecule has 6 nitrogen and oxygen atoms in total. The second kappa shape index (κ2) is 10.9. The van der Waals surface area contributed by atoms with Crippen molar-refractivity contribution in [3.05, 3.63) is 23.9 Å². The molecule has 1 aliphatic carbocycles. The van der Waals surface area contributed by atoms with E-state index in [0.29, 0.717) is 12.6 Å². The van der Waals surface area contributed by atoms with Gasteiger partial charge in [0.1, 0.15) is 5.82 Å². The Labute approximate surface area is 174 Å². The van der Waals surface area contributed by atoms with Crippen molar-refractivity contribution in [1.82, 2.24) is 20.5 Å². The van der Waals surface area contributed by atoms with Crippen LogP contribution in [0.3, 0.4) is 0 Å². The summed E-state index contributed by atoms with van der Waals surface area (Å²) in [6.45, 7) is 11.4. The number of anilines is 1. The molecule has 7 heteroatoms. The van der Waals surface area contributed by atoms with Gasteiger partial charge in [-0.15, -0.1) is 0 Å². The fraction of sp³-hybridized carbons (Fsp3) is 0.714. The monoisotopic (exact) mass is 404 g/mol. The fourth-order valence-electron chi connectivity index (χ4n) is 3.96. The van der Waals surface area contributed by atoms with Gasteiger partial charge in [0.15, 0.2) is 5.96 Å². The van der Waals surface area contributed by atoms with E-state index < -0.39 is 0 Å². The molecule has 1 aromatic heterocycles. The molecule has 156 valence electrons. The van der Waals surface area contributed by atoms with Crippen LogP contribution in [0.4, 0.5) is 5.82 Å².